The van der Waals surface area contributed by atoms with E-state index in [4.69, 9.17) is 19.3 Å². The molecule has 0 amide bonds. The van der Waals surface area contributed by atoms with Crippen LogP contribution in [0.5, 0.6) is 0 Å². The zero-order valence-electron chi connectivity index (χ0n) is 17.1. The molecular formula is C20H32BNO3S. The lowest BCUT2D eigenvalue weighted by Crippen LogP contribution is -2.41. The van der Waals surface area contributed by atoms with E-state index in [0.29, 0.717) is 5.92 Å². The number of rotatable bonds is 2. The molecule has 0 spiro atoms. The fourth-order valence-corrected chi connectivity index (χ4v) is 2.68. The highest BCUT2D eigenvalue weighted by Gasteiger charge is 2.51. The molecule has 4 nitrogen and oxygen atoms in total. The van der Waals surface area contributed by atoms with Crippen LogP contribution < -0.4 is 5.46 Å². The lowest BCUT2D eigenvalue weighted by molar-refractivity contribution is 0.00578. The number of nitrogens with one attached hydrogen (secondary N) is 1. The van der Waals surface area contributed by atoms with E-state index in [-0.39, 0.29) is 23.1 Å². The second-order valence-electron chi connectivity index (χ2n) is 9.17. The summed E-state index contributed by atoms with van der Waals surface area (Å²) in [5, 5.41) is 7.54. The third-order valence-electron chi connectivity index (χ3n) is 5.19. The van der Waals surface area contributed by atoms with Crippen LogP contribution in [-0.2, 0) is 9.31 Å². The van der Waals surface area contributed by atoms with Crippen molar-refractivity contribution in [1.29, 1.82) is 5.41 Å². The van der Waals surface area contributed by atoms with Gasteiger partial charge in [-0.15, -0.1) is 0 Å². The fraction of sp³-hybridized carbons (Fsp3) is 0.650. The Bertz CT molecular complexity index is 613. The summed E-state index contributed by atoms with van der Waals surface area (Å²) in [5.41, 5.74) is 2.67. The Morgan fingerprint density at radius 1 is 1.04 bits per heavy atom. The van der Waals surface area contributed by atoms with Crippen molar-refractivity contribution in [3.63, 3.8) is 0 Å². The molecular weight excluding hydrogens is 345 g/mol. The summed E-state index contributed by atoms with van der Waals surface area (Å²) < 4.78 is 20.4. The van der Waals surface area contributed by atoms with Gasteiger partial charge < -0.3 is 19.3 Å². The summed E-state index contributed by atoms with van der Waals surface area (Å²) in [6.07, 6.45) is 1.83. The van der Waals surface area contributed by atoms with E-state index >= 15 is 0 Å². The molecule has 1 aromatic rings. The first-order valence-corrected chi connectivity index (χ1v) is 9.96. The lowest BCUT2D eigenvalue weighted by Gasteiger charge is -2.32. The topological polar surface area (TPSA) is 62.5 Å². The maximum Gasteiger partial charge on any atom is 0.494 e. The molecule has 6 heteroatoms. The predicted molar refractivity (Wildman–Crippen MR) is 112 cm³/mol. The van der Waals surface area contributed by atoms with E-state index in [1.165, 1.54) is 5.56 Å². The SMILES string of the molecule is CC(C)(C)SO.CC1(C)OB(c2ccc(C3CC(=N)C3)cc2)OC1(C)C. The van der Waals surface area contributed by atoms with E-state index in [1.807, 2.05) is 20.8 Å². The van der Waals surface area contributed by atoms with Crippen molar-refractivity contribution in [2.45, 2.75) is 83.2 Å². The molecule has 1 saturated carbocycles. The summed E-state index contributed by atoms with van der Waals surface area (Å²) in [5.74, 6) is 0.537. The summed E-state index contributed by atoms with van der Waals surface area (Å²) in [4.78, 5) is 0. The van der Waals surface area contributed by atoms with Gasteiger partial charge in [-0.25, -0.2) is 0 Å². The van der Waals surface area contributed by atoms with Crippen molar-refractivity contribution in [2.75, 3.05) is 0 Å². The van der Waals surface area contributed by atoms with Crippen LogP contribution in [0.25, 0.3) is 0 Å². The Balaban J connectivity index is 0.000000352. The van der Waals surface area contributed by atoms with Crippen molar-refractivity contribution in [2.24, 2.45) is 0 Å². The second-order valence-corrected chi connectivity index (χ2v) is 10.6. The van der Waals surface area contributed by atoms with Gasteiger partial charge in [-0.2, -0.15) is 0 Å². The van der Waals surface area contributed by atoms with Gasteiger partial charge in [0.2, 0.25) is 0 Å². The van der Waals surface area contributed by atoms with Gasteiger partial charge in [-0.05, 0) is 90.3 Å². The van der Waals surface area contributed by atoms with Crippen LogP contribution in [0.4, 0.5) is 0 Å². The minimum atomic E-state index is -0.292. The number of hydrogen-bond acceptors (Lipinski definition) is 5. The Morgan fingerprint density at radius 3 is 1.81 bits per heavy atom. The minimum absolute atomic E-state index is 0.0139. The van der Waals surface area contributed by atoms with Crippen LogP contribution in [-0.4, -0.2) is 33.3 Å². The molecule has 2 fully saturated rings. The molecule has 26 heavy (non-hydrogen) atoms. The second kappa shape index (κ2) is 7.66. The molecule has 1 aromatic carbocycles. The van der Waals surface area contributed by atoms with Crippen LogP contribution in [0.1, 0.15) is 72.8 Å². The molecule has 0 atom stereocenters. The van der Waals surface area contributed by atoms with Gasteiger partial charge in [0.25, 0.3) is 0 Å². The smallest absolute Gasteiger partial charge is 0.399 e. The fourth-order valence-electron chi connectivity index (χ4n) is 2.68. The van der Waals surface area contributed by atoms with Crippen molar-refractivity contribution in [3.8, 4) is 0 Å². The Morgan fingerprint density at radius 2 is 1.46 bits per heavy atom. The number of benzene rings is 1. The van der Waals surface area contributed by atoms with Crippen LogP contribution in [0.3, 0.4) is 0 Å². The van der Waals surface area contributed by atoms with Crippen molar-refractivity contribution >= 4 is 30.3 Å². The van der Waals surface area contributed by atoms with E-state index in [1.54, 1.807) is 0 Å². The van der Waals surface area contributed by atoms with Gasteiger partial charge in [0.05, 0.1) is 11.2 Å². The molecule has 0 bridgehead atoms. The third kappa shape index (κ3) is 5.13. The van der Waals surface area contributed by atoms with Gasteiger partial charge in [-0.3, -0.25) is 0 Å². The van der Waals surface area contributed by atoms with E-state index in [9.17, 15) is 0 Å². The zero-order chi connectivity index (χ0) is 19.8. The average Bonchev–Trinajstić information content (AvgIpc) is 2.72. The molecule has 1 saturated heterocycles. The molecule has 1 aliphatic heterocycles. The first-order chi connectivity index (χ1) is 11.8. The third-order valence-corrected chi connectivity index (χ3v) is 5.74. The largest absolute Gasteiger partial charge is 0.494 e. The Kier molecular flexibility index (Phi) is 6.33. The van der Waals surface area contributed by atoms with Crippen LogP contribution in [0, 0.1) is 5.41 Å². The zero-order valence-corrected chi connectivity index (χ0v) is 17.9. The molecule has 0 aromatic heterocycles. The van der Waals surface area contributed by atoms with E-state index in [2.05, 4.69) is 52.0 Å². The molecule has 0 radical (unpaired) electrons. The van der Waals surface area contributed by atoms with Crippen molar-refractivity contribution in [1.82, 2.24) is 0 Å². The first kappa shape index (κ1) is 21.5. The summed E-state index contributed by atoms with van der Waals surface area (Å²) in [6, 6.07) is 8.49. The van der Waals surface area contributed by atoms with Gasteiger partial charge in [0.1, 0.15) is 0 Å². The van der Waals surface area contributed by atoms with E-state index in [0.717, 1.165) is 36.1 Å². The normalized spacial score (nSPS) is 23.9. The standard InChI is InChI=1S/C16H22BNO2.C4H10OS/c1-15(2)16(3,4)20-17(19-15)13-7-5-11(6-8-13)12-9-14(18)10-12;1-4(2,3)6-5/h5-8,12,18H,9-10H2,1-4H3;5H,1-3H3. The maximum atomic E-state index is 8.32. The van der Waals surface area contributed by atoms with E-state index < -0.39 is 0 Å². The Labute approximate surface area is 162 Å². The monoisotopic (exact) mass is 377 g/mol. The maximum absolute atomic E-state index is 8.32. The molecule has 1 heterocycles. The highest BCUT2D eigenvalue weighted by atomic mass is 32.2. The van der Waals surface area contributed by atoms with Crippen LogP contribution in [0.15, 0.2) is 24.3 Å². The van der Waals surface area contributed by atoms with Crippen LogP contribution in [0.2, 0.25) is 0 Å². The molecule has 144 valence electrons. The highest BCUT2D eigenvalue weighted by Crippen LogP contribution is 2.37. The predicted octanol–water partition coefficient (Wildman–Crippen LogP) is 4.87. The molecule has 3 rings (SSSR count). The molecule has 2 N–H and O–H groups in total. The van der Waals surface area contributed by atoms with Gasteiger partial charge >= 0.3 is 7.12 Å². The Hall–Kier alpha value is -0.815. The first-order valence-electron chi connectivity index (χ1n) is 9.19. The van der Waals surface area contributed by atoms with Crippen LogP contribution >= 0.6 is 12.0 Å². The quantitative estimate of drug-likeness (QED) is 0.570. The van der Waals surface area contributed by atoms with Gasteiger partial charge in [-0.1, -0.05) is 24.3 Å². The lowest BCUT2D eigenvalue weighted by atomic mass is 9.75. The minimum Gasteiger partial charge on any atom is -0.399 e. The summed E-state index contributed by atoms with van der Waals surface area (Å²) in [7, 11) is -0.284. The summed E-state index contributed by atoms with van der Waals surface area (Å²) >= 11 is 0.882. The molecule has 0 unspecified atom stereocenters. The van der Waals surface area contributed by atoms with Gasteiger partial charge in [0.15, 0.2) is 0 Å². The molecule has 1 aliphatic carbocycles. The highest BCUT2D eigenvalue weighted by molar-refractivity contribution is 7.95. The van der Waals surface area contributed by atoms with Crippen molar-refractivity contribution in [3.05, 3.63) is 29.8 Å². The van der Waals surface area contributed by atoms with Gasteiger partial charge in [0, 0.05) is 10.5 Å². The summed E-state index contributed by atoms with van der Waals surface area (Å²) in [6.45, 7) is 14.2. The average molecular weight is 377 g/mol. The number of hydrogen-bond donors (Lipinski definition) is 2. The van der Waals surface area contributed by atoms with Crippen molar-refractivity contribution < 1.29 is 13.9 Å². The molecule has 2 aliphatic rings.